The lowest BCUT2D eigenvalue weighted by atomic mass is 9.84. The van der Waals surface area contributed by atoms with Gasteiger partial charge in [0.25, 0.3) is 0 Å². The van der Waals surface area contributed by atoms with Crippen LogP contribution in [0.3, 0.4) is 0 Å². The lowest BCUT2D eigenvalue weighted by Gasteiger charge is -2.33. The molecule has 246 valence electrons. The number of nitrogens with two attached hydrogens (primary N) is 2. The maximum absolute atomic E-state index is 14.1. The second kappa shape index (κ2) is 16.1. The van der Waals surface area contributed by atoms with Gasteiger partial charge in [0.1, 0.15) is 23.8 Å². The van der Waals surface area contributed by atoms with Crippen LogP contribution in [0.15, 0.2) is 103 Å². The highest BCUT2D eigenvalue weighted by atomic mass is 32.2. The fraction of sp³-hybridized carbons (Fsp3) is 0.235. The number of nitrogens with one attached hydrogen (secondary N) is 4. The molecule has 1 aliphatic rings. The van der Waals surface area contributed by atoms with Crippen molar-refractivity contribution in [3.8, 4) is 0 Å². The maximum atomic E-state index is 14.1. The van der Waals surface area contributed by atoms with Gasteiger partial charge in [-0.2, -0.15) is 0 Å². The zero-order valence-corrected chi connectivity index (χ0v) is 27.6. The Bertz CT molecular complexity index is 1740. The summed E-state index contributed by atoms with van der Waals surface area (Å²) in [6.45, 7) is 0.597. The minimum absolute atomic E-state index is 0.0315. The van der Waals surface area contributed by atoms with E-state index in [0.29, 0.717) is 24.3 Å². The van der Waals surface area contributed by atoms with Gasteiger partial charge in [0.05, 0.1) is 17.7 Å². The van der Waals surface area contributed by atoms with Crippen LogP contribution in [-0.2, 0) is 26.2 Å². The molecule has 11 nitrogen and oxygen atoms in total. The normalized spacial score (nSPS) is 14.9. The molecule has 13 heteroatoms. The first-order valence-electron chi connectivity index (χ1n) is 14.9. The Balaban J connectivity index is 0.000000479. The number of amidine groups is 2. The SMILES string of the molecule is CS(=O)(=O)N[C@@H](C(=O)N1CCC[C@H]1C(=O)NCc1ccc(C(=N)N)s1)C(c1ccccc1)c1ccccc1.N=C(N)c1ccccc1. The average Bonchev–Trinajstić information content (AvgIpc) is 3.75. The Morgan fingerprint density at radius 2 is 1.43 bits per heavy atom. The van der Waals surface area contributed by atoms with Gasteiger partial charge in [-0.05, 0) is 36.1 Å². The highest BCUT2D eigenvalue weighted by molar-refractivity contribution is 7.88. The number of nitrogen functional groups attached to an aromatic ring is 2. The number of carbonyl (C=O) groups excluding carboxylic acids is 2. The summed E-state index contributed by atoms with van der Waals surface area (Å²) in [5.41, 5.74) is 13.1. The molecule has 0 aliphatic carbocycles. The summed E-state index contributed by atoms with van der Waals surface area (Å²) in [4.78, 5) is 30.2. The first-order chi connectivity index (χ1) is 22.4. The third-order valence-corrected chi connectivity index (χ3v) is 9.35. The standard InChI is InChI=1S/C27H31N5O4S2.C7H8N2/c1-38(35,36)31-24(23(18-9-4-2-5-10-18)19-11-6-3-7-12-19)27(34)32-16-8-13-21(32)26(33)30-17-20-14-15-22(37-20)25(28)29;8-7(9)6-4-2-1-3-5-6/h2-7,9-12,14-15,21,23-24,31H,8,13,16-17H2,1H3,(H3,28,29)(H,30,33);1-5H,(H3,8,9)/t21-,24+;/m0./s1. The molecular formula is C34H39N7O4S2. The third kappa shape index (κ3) is 9.82. The third-order valence-electron chi connectivity index (χ3n) is 7.55. The monoisotopic (exact) mass is 673 g/mol. The molecule has 2 heterocycles. The van der Waals surface area contributed by atoms with E-state index < -0.39 is 33.9 Å². The number of rotatable bonds is 11. The van der Waals surface area contributed by atoms with Gasteiger partial charge in [-0.1, -0.05) is 91.0 Å². The fourth-order valence-electron chi connectivity index (χ4n) is 5.40. The number of carbonyl (C=O) groups is 2. The number of sulfonamides is 1. The van der Waals surface area contributed by atoms with Crippen molar-refractivity contribution >= 4 is 44.8 Å². The molecule has 1 fully saturated rings. The molecule has 1 saturated heterocycles. The van der Waals surface area contributed by atoms with Crippen molar-refractivity contribution in [3.63, 3.8) is 0 Å². The Kier molecular flexibility index (Phi) is 12.0. The molecule has 0 radical (unpaired) electrons. The predicted octanol–water partition coefficient (Wildman–Crippen LogP) is 3.36. The molecule has 8 N–H and O–H groups in total. The van der Waals surface area contributed by atoms with Gasteiger partial charge in [-0.3, -0.25) is 20.4 Å². The molecule has 0 unspecified atom stereocenters. The Labute approximate surface area is 279 Å². The second-order valence-corrected chi connectivity index (χ2v) is 14.0. The van der Waals surface area contributed by atoms with Crippen LogP contribution in [0, 0.1) is 10.8 Å². The van der Waals surface area contributed by atoms with Crippen molar-refractivity contribution < 1.29 is 18.0 Å². The predicted molar refractivity (Wildman–Crippen MR) is 186 cm³/mol. The van der Waals surface area contributed by atoms with Gasteiger partial charge >= 0.3 is 0 Å². The number of benzene rings is 3. The summed E-state index contributed by atoms with van der Waals surface area (Å²) in [6.07, 6.45) is 2.14. The molecule has 1 aliphatic heterocycles. The lowest BCUT2D eigenvalue weighted by molar-refractivity contribution is -0.140. The first-order valence-corrected chi connectivity index (χ1v) is 17.6. The molecule has 47 heavy (non-hydrogen) atoms. The van der Waals surface area contributed by atoms with Crippen molar-refractivity contribution in [1.82, 2.24) is 14.9 Å². The van der Waals surface area contributed by atoms with Gasteiger partial charge in [0.15, 0.2) is 0 Å². The van der Waals surface area contributed by atoms with Crippen LogP contribution in [0.2, 0.25) is 0 Å². The number of nitrogens with zero attached hydrogens (tertiary/aromatic N) is 1. The van der Waals surface area contributed by atoms with Crippen LogP contribution in [-0.4, -0.2) is 61.7 Å². The van der Waals surface area contributed by atoms with Crippen LogP contribution in [0.5, 0.6) is 0 Å². The summed E-state index contributed by atoms with van der Waals surface area (Å²) >= 11 is 1.32. The van der Waals surface area contributed by atoms with Crippen LogP contribution in [0.4, 0.5) is 0 Å². The van der Waals surface area contributed by atoms with E-state index in [4.69, 9.17) is 22.3 Å². The van der Waals surface area contributed by atoms with E-state index in [1.807, 2.05) is 91.0 Å². The van der Waals surface area contributed by atoms with Crippen molar-refractivity contribution in [2.24, 2.45) is 11.5 Å². The summed E-state index contributed by atoms with van der Waals surface area (Å²) in [6, 6.07) is 29.5. The van der Waals surface area contributed by atoms with Gasteiger partial charge in [0.2, 0.25) is 21.8 Å². The summed E-state index contributed by atoms with van der Waals surface area (Å²) < 4.78 is 27.5. The largest absolute Gasteiger partial charge is 0.384 e. The number of hydrogen-bond acceptors (Lipinski definition) is 7. The van der Waals surface area contributed by atoms with Crippen LogP contribution >= 0.6 is 11.3 Å². The van der Waals surface area contributed by atoms with E-state index in [1.54, 1.807) is 12.1 Å². The van der Waals surface area contributed by atoms with Crippen molar-refractivity contribution in [2.45, 2.75) is 37.4 Å². The zero-order chi connectivity index (χ0) is 34.0. The minimum Gasteiger partial charge on any atom is -0.384 e. The Hall–Kier alpha value is -4.85. The minimum atomic E-state index is -3.77. The van der Waals surface area contributed by atoms with Crippen molar-refractivity contribution in [1.29, 1.82) is 10.8 Å². The van der Waals surface area contributed by atoms with E-state index in [-0.39, 0.29) is 24.1 Å². The Morgan fingerprint density at radius 3 is 1.89 bits per heavy atom. The highest BCUT2D eigenvalue weighted by Gasteiger charge is 2.41. The van der Waals surface area contributed by atoms with Gasteiger partial charge in [0, 0.05) is 22.9 Å². The van der Waals surface area contributed by atoms with Crippen molar-refractivity contribution in [2.75, 3.05) is 12.8 Å². The number of hydrogen-bond donors (Lipinski definition) is 6. The van der Waals surface area contributed by atoms with E-state index in [1.165, 1.54) is 16.2 Å². The number of amides is 2. The highest BCUT2D eigenvalue weighted by Crippen LogP contribution is 2.31. The zero-order valence-electron chi connectivity index (χ0n) is 25.9. The fourth-order valence-corrected chi connectivity index (χ4v) is 6.91. The van der Waals surface area contributed by atoms with Crippen LogP contribution in [0.1, 0.15) is 45.2 Å². The van der Waals surface area contributed by atoms with E-state index in [9.17, 15) is 18.0 Å². The number of likely N-dealkylation sites (tertiary alicyclic amines) is 1. The van der Waals surface area contributed by atoms with E-state index in [0.717, 1.165) is 27.8 Å². The molecule has 2 atom stereocenters. The van der Waals surface area contributed by atoms with Gasteiger partial charge < -0.3 is 21.7 Å². The Morgan fingerprint density at radius 1 is 0.872 bits per heavy atom. The number of thiophene rings is 1. The van der Waals surface area contributed by atoms with Crippen LogP contribution in [0.25, 0.3) is 0 Å². The van der Waals surface area contributed by atoms with Gasteiger partial charge in [-0.15, -0.1) is 11.3 Å². The summed E-state index contributed by atoms with van der Waals surface area (Å²) in [5.74, 6) is -1.25. The molecule has 2 amide bonds. The molecule has 1 aromatic heterocycles. The van der Waals surface area contributed by atoms with Gasteiger partial charge in [-0.25, -0.2) is 13.1 Å². The maximum Gasteiger partial charge on any atom is 0.243 e. The van der Waals surface area contributed by atoms with E-state index >= 15 is 0 Å². The molecule has 0 saturated carbocycles. The molecule has 5 rings (SSSR count). The molecule has 4 aromatic rings. The quantitative estimate of drug-likeness (QED) is 0.104. The van der Waals surface area contributed by atoms with Crippen molar-refractivity contribution in [3.05, 3.63) is 130 Å². The molecule has 0 bridgehead atoms. The summed E-state index contributed by atoms with van der Waals surface area (Å²) in [5, 5.41) is 17.4. The molecule has 0 spiro atoms. The lowest BCUT2D eigenvalue weighted by Crippen LogP contribution is -2.55. The average molecular weight is 674 g/mol. The van der Waals surface area contributed by atoms with E-state index in [2.05, 4.69) is 10.0 Å². The van der Waals surface area contributed by atoms with Crippen LogP contribution < -0.4 is 21.5 Å². The first kappa shape index (κ1) is 35.0. The molecular weight excluding hydrogens is 635 g/mol. The summed E-state index contributed by atoms with van der Waals surface area (Å²) in [7, 11) is -3.77. The topological polar surface area (TPSA) is 195 Å². The molecule has 3 aromatic carbocycles. The second-order valence-electron chi connectivity index (χ2n) is 11.0. The smallest absolute Gasteiger partial charge is 0.243 e.